The summed E-state index contributed by atoms with van der Waals surface area (Å²) >= 11 is 0. The van der Waals surface area contributed by atoms with Crippen molar-refractivity contribution >= 4 is 27.7 Å². The van der Waals surface area contributed by atoms with Crippen molar-refractivity contribution in [3.05, 3.63) is 107 Å². The van der Waals surface area contributed by atoms with Crippen molar-refractivity contribution in [2.24, 2.45) is 5.73 Å². The highest BCUT2D eigenvalue weighted by atomic mass is 32.2. The number of aliphatic hydroxyl groups excluding tert-OH is 1. The average molecular weight is 638 g/mol. The van der Waals surface area contributed by atoms with Gasteiger partial charge in [0.2, 0.25) is 15.9 Å². The summed E-state index contributed by atoms with van der Waals surface area (Å²) in [7, 11) is -2.29. The van der Waals surface area contributed by atoms with Crippen LogP contribution in [0.25, 0.3) is 0 Å². The summed E-state index contributed by atoms with van der Waals surface area (Å²) in [6.45, 7) is 4.79. The summed E-state index contributed by atoms with van der Waals surface area (Å²) in [5.74, 6) is -1.98. The Bertz CT molecular complexity index is 1530. The van der Waals surface area contributed by atoms with Crippen molar-refractivity contribution in [3.8, 4) is 0 Å². The zero-order valence-corrected chi connectivity index (χ0v) is 26.8. The van der Waals surface area contributed by atoms with Crippen LogP contribution in [-0.4, -0.2) is 80.0 Å². The summed E-state index contributed by atoms with van der Waals surface area (Å²) in [6.07, 6.45) is 0.485. The number of sulfonamides is 1. The second-order valence-electron chi connectivity index (χ2n) is 11.0. The Kier molecular flexibility index (Phi) is 13.2. The standard InChI is InChI=1S/C33H43N5O6S/c1-4-16-38(17-5-2)33(42)28-20-26(31(34)40)19-27(21-28)32(41)35-29(18-24-12-8-6-9-13-24)30(39)22-37(3)36-45(43,44)23-25-14-10-7-11-15-25/h6-15,19-21,29-30,36,39H,4-5,16-18,22-23H2,1-3H3,(H2,34,40)(H,35,41). The number of nitrogens with two attached hydrogens (primary N) is 1. The maximum Gasteiger partial charge on any atom is 0.253 e. The molecule has 0 aliphatic rings. The lowest BCUT2D eigenvalue weighted by Gasteiger charge is -2.28. The molecule has 3 amide bonds. The molecule has 45 heavy (non-hydrogen) atoms. The highest BCUT2D eigenvalue weighted by Crippen LogP contribution is 2.16. The van der Waals surface area contributed by atoms with Gasteiger partial charge >= 0.3 is 0 Å². The van der Waals surface area contributed by atoms with Crippen LogP contribution >= 0.6 is 0 Å². The van der Waals surface area contributed by atoms with Crippen LogP contribution in [0, 0.1) is 0 Å². The van der Waals surface area contributed by atoms with Crippen molar-refractivity contribution < 1.29 is 27.9 Å². The number of nitrogens with one attached hydrogen (secondary N) is 2. The minimum Gasteiger partial charge on any atom is -0.390 e. The molecule has 0 radical (unpaired) electrons. The molecule has 3 rings (SSSR count). The van der Waals surface area contributed by atoms with Crippen LogP contribution in [0.15, 0.2) is 78.9 Å². The first-order valence-electron chi connectivity index (χ1n) is 14.9. The Hall–Kier alpha value is -4.10. The third-order valence-electron chi connectivity index (χ3n) is 7.04. The molecule has 11 nitrogen and oxygen atoms in total. The second kappa shape index (κ2) is 16.8. The number of primary amides is 1. The Morgan fingerprint density at radius 2 is 1.38 bits per heavy atom. The van der Waals surface area contributed by atoms with E-state index in [1.54, 1.807) is 35.2 Å². The molecule has 0 aliphatic heterocycles. The first-order chi connectivity index (χ1) is 21.4. The molecular formula is C33H43N5O6S. The third-order valence-corrected chi connectivity index (χ3v) is 8.34. The summed E-state index contributed by atoms with van der Waals surface area (Å²) in [4.78, 5) is 43.2. The van der Waals surface area contributed by atoms with E-state index in [1.165, 1.54) is 30.3 Å². The number of benzene rings is 3. The van der Waals surface area contributed by atoms with Crippen molar-refractivity contribution in [2.75, 3.05) is 26.7 Å². The van der Waals surface area contributed by atoms with Gasteiger partial charge in [0, 0.05) is 43.4 Å². The number of hydrogen-bond donors (Lipinski definition) is 4. The minimum atomic E-state index is -3.77. The quantitative estimate of drug-likeness (QED) is 0.166. The van der Waals surface area contributed by atoms with Crippen LogP contribution < -0.4 is 15.9 Å². The van der Waals surface area contributed by atoms with Crippen molar-refractivity contribution in [3.63, 3.8) is 0 Å². The van der Waals surface area contributed by atoms with E-state index in [4.69, 9.17) is 5.73 Å². The fourth-order valence-corrected chi connectivity index (χ4v) is 6.22. The molecule has 0 aliphatic carbocycles. The molecule has 0 spiro atoms. The summed E-state index contributed by atoms with van der Waals surface area (Å²) in [5, 5.41) is 15.4. The topological polar surface area (TPSA) is 162 Å². The number of likely N-dealkylation sites (N-methyl/N-ethyl adjacent to an activating group) is 1. The third kappa shape index (κ3) is 11.1. The zero-order valence-electron chi connectivity index (χ0n) is 26.0. The molecule has 0 aromatic heterocycles. The van der Waals surface area contributed by atoms with Gasteiger partial charge in [-0.05, 0) is 48.6 Å². The SMILES string of the molecule is CCCN(CCC)C(=O)c1cc(C(N)=O)cc(C(=O)NC(Cc2ccccc2)C(O)CN(C)NS(=O)(=O)Cc2ccccc2)c1. The molecule has 12 heteroatoms. The summed E-state index contributed by atoms with van der Waals surface area (Å²) in [6, 6.07) is 21.1. The van der Waals surface area contributed by atoms with E-state index < -0.39 is 34.0 Å². The fraction of sp³-hybridized carbons (Fsp3) is 0.364. The Morgan fingerprint density at radius 1 is 0.844 bits per heavy atom. The highest BCUT2D eigenvalue weighted by Gasteiger charge is 2.27. The number of aliphatic hydroxyl groups is 1. The smallest absolute Gasteiger partial charge is 0.253 e. The Morgan fingerprint density at radius 3 is 1.93 bits per heavy atom. The molecule has 3 aromatic carbocycles. The number of amides is 3. The lowest BCUT2D eigenvalue weighted by molar-refractivity contribution is 0.0687. The molecule has 0 saturated heterocycles. The number of rotatable bonds is 17. The van der Waals surface area contributed by atoms with Gasteiger partial charge in [0.05, 0.1) is 17.9 Å². The Balaban J connectivity index is 1.84. The summed E-state index contributed by atoms with van der Waals surface area (Å²) < 4.78 is 25.5. The first-order valence-corrected chi connectivity index (χ1v) is 16.6. The van der Waals surface area contributed by atoms with Gasteiger partial charge in [-0.1, -0.05) is 74.5 Å². The normalized spacial score (nSPS) is 12.8. The van der Waals surface area contributed by atoms with Gasteiger partial charge in [0.25, 0.3) is 11.8 Å². The van der Waals surface area contributed by atoms with Crippen LogP contribution in [0.5, 0.6) is 0 Å². The van der Waals surface area contributed by atoms with E-state index in [-0.39, 0.29) is 41.3 Å². The van der Waals surface area contributed by atoms with E-state index in [9.17, 15) is 27.9 Å². The van der Waals surface area contributed by atoms with Gasteiger partial charge in [-0.15, -0.1) is 4.83 Å². The second-order valence-corrected chi connectivity index (χ2v) is 12.7. The van der Waals surface area contributed by atoms with Crippen LogP contribution in [0.4, 0.5) is 0 Å². The predicted molar refractivity (Wildman–Crippen MR) is 174 cm³/mol. The van der Waals surface area contributed by atoms with Crippen LogP contribution in [-0.2, 0) is 22.2 Å². The fourth-order valence-electron chi connectivity index (χ4n) is 4.97. The molecule has 0 saturated carbocycles. The summed E-state index contributed by atoms with van der Waals surface area (Å²) in [5.41, 5.74) is 7.18. The average Bonchev–Trinajstić information content (AvgIpc) is 3.00. The number of hydrazine groups is 1. The molecular weight excluding hydrogens is 594 g/mol. The van der Waals surface area contributed by atoms with Crippen LogP contribution in [0.2, 0.25) is 0 Å². The molecule has 3 aromatic rings. The van der Waals surface area contributed by atoms with Gasteiger partial charge in [0.1, 0.15) is 0 Å². The number of carbonyl (C=O) groups excluding carboxylic acids is 3. The molecule has 0 fully saturated rings. The lowest BCUT2D eigenvalue weighted by atomic mass is 9.99. The lowest BCUT2D eigenvalue weighted by Crippen LogP contribution is -2.52. The van der Waals surface area contributed by atoms with Crippen molar-refractivity contribution in [1.29, 1.82) is 0 Å². The zero-order chi connectivity index (χ0) is 33.0. The molecule has 5 N–H and O–H groups in total. The molecule has 2 unspecified atom stereocenters. The van der Waals surface area contributed by atoms with E-state index in [1.807, 2.05) is 44.2 Å². The largest absolute Gasteiger partial charge is 0.390 e. The monoisotopic (exact) mass is 637 g/mol. The van der Waals surface area contributed by atoms with Crippen molar-refractivity contribution in [2.45, 2.75) is 51.0 Å². The minimum absolute atomic E-state index is 0.00617. The predicted octanol–water partition coefficient (Wildman–Crippen LogP) is 2.72. The number of nitrogens with zero attached hydrogens (tertiary/aromatic N) is 2. The first kappa shape index (κ1) is 35.4. The van der Waals surface area contributed by atoms with Crippen LogP contribution in [0.3, 0.4) is 0 Å². The van der Waals surface area contributed by atoms with E-state index >= 15 is 0 Å². The van der Waals surface area contributed by atoms with Gasteiger partial charge < -0.3 is 21.1 Å². The number of carbonyl (C=O) groups is 3. The molecule has 242 valence electrons. The molecule has 0 bridgehead atoms. The van der Waals surface area contributed by atoms with Gasteiger partial charge in [-0.3, -0.25) is 14.4 Å². The van der Waals surface area contributed by atoms with Gasteiger partial charge in [-0.25, -0.2) is 13.4 Å². The van der Waals surface area contributed by atoms with Gasteiger partial charge in [0.15, 0.2) is 0 Å². The number of hydrogen-bond acceptors (Lipinski definition) is 7. The maximum atomic E-state index is 13.6. The highest BCUT2D eigenvalue weighted by molar-refractivity contribution is 7.88. The molecule has 2 atom stereocenters. The van der Waals surface area contributed by atoms with E-state index in [0.29, 0.717) is 18.7 Å². The van der Waals surface area contributed by atoms with Crippen molar-refractivity contribution in [1.82, 2.24) is 20.1 Å². The Labute approximate surface area is 265 Å². The molecule has 0 heterocycles. The van der Waals surface area contributed by atoms with E-state index in [2.05, 4.69) is 10.1 Å². The van der Waals surface area contributed by atoms with Crippen LogP contribution in [0.1, 0.15) is 68.9 Å². The maximum absolute atomic E-state index is 13.6. The van der Waals surface area contributed by atoms with Gasteiger partial charge in [-0.2, -0.15) is 0 Å². The van der Waals surface area contributed by atoms with E-state index in [0.717, 1.165) is 18.4 Å².